The Labute approximate surface area is 133 Å². The third kappa shape index (κ3) is 5.88. The number of nitrogens with one attached hydrogen (secondary N) is 2. The van der Waals surface area contributed by atoms with Crippen molar-refractivity contribution in [1.29, 1.82) is 0 Å². The molecule has 0 aliphatic heterocycles. The van der Waals surface area contributed by atoms with E-state index in [-0.39, 0.29) is 0 Å². The molecule has 0 bridgehead atoms. The number of anilines is 1. The molecule has 2 amide bonds. The molecular weight excluding hydrogens is 276 g/mol. The summed E-state index contributed by atoms with van der Waals surface area (Å²) in [4.78, 5) is 23.9. The van der Waals surface area contributed by atoms with Gasteiger partial charge in [0, 0.05) is 12.2 Å². The lowest BCUT2D eigenvalue weighted by Gasteiger charge is -2.15. The van der Waals surface area contributed by atoms with Gasteiger partial charge in [0.05, 0.1) is 0 Å². The van der Waals surface area contributed by atoms with Crippen molar-refractivity contribution < 1.29 is 9.59 Å². The van der Waals surface area contributed by atoms with Crippen molar-refractivity contribution in [3.05, 3.63) is 29.8 Å². The fourth-order valence-electron chi connectivity index (χ4n) is 2.39. The molecule has 22 heavy (non-hydrogen) atoms. The van der Waals surface area contributed by atoms with Gasteiger partial charge in [-0.15, -0.1) is 0 Å². The second-order valence-electron chi connectivity index (χ2n) is 5.59. The number of aryl methyl sites for hydroxylation is 1. The Kier molecular flexibility index (Phi) is 8.26. The molecule has 0 radical (unpaired) electrons. The molecule has 2 N–H and O–H groups in total. The quantitative estimate of drug-likeness (QED) is 0.722. The lowest BCUT2D eigenvalue weighted by atomic mass is 9.99. The molecule has 4 heteroatoms. The van der Waals surface area contributed by atoms with E-state index < -0.39 is 11.8 Å². The number of carbonyl (C=O) groups excluding carboxylic acids is 2. The van der Waals surface area contributed by atoms with Crippen LogP contribution in [0.2, 0.25) is 0 Å². The number of hydrogen-bond acceptors (Lipinski definition) is 2. The van der Waals surface area contributed by atoms with Crippen LogP contribution in [0.25, 0.3) is 0 Å². The standard InChI is InChI=1S/C18H28N2O2/c1-4-7-10-14(5-2)13-19-17(21)18(22)20-16-12-9-8-11-15(16)6-3/h8-9,11-12,14H,4-7,10,13H2,1-3H3,(H,19,21)(H,20,22)/t14-/m1/s1. The molecule has 0 saturated carbocycles. The molecule has 0 heterocycles. The minimum atomic E-state index is -0.591. The second kappa shape index (κ2) is 9.98. The topological polar surface area (TPSA) is 58.2 Å². The van der Waals surface area contributed by atoms with Crippen molar-refractivity contribution in [2.75, 3.05) is 11.9 Å². The van der Waals surface area contributed by atoms with Crippen LogP contribution in [-0.2, 0) is 16.0 Å². The first kappa shape index (κ1) is 18.2. The van der Waals surface area contributed by atoms with Gasteiger partial charge < -0.3 is 10.6 Å². The Morgan fingerprint density at radius 3 is 2.45 bits per heavy atom. The highest BCUT2D eigenvalue weighted by Crippen LogP contribution is 2.15. The van der Waals surface area contributed by atoms with Gasteiger partial charge in [-0.3, -0.25) is 9.59 Å². The van der Waals surface area contributed by atoms with Crippen LogP contribution in [0.3, 0.4) is 0 Å². The van der Waals surface area contributed by atoms with Gasteiger partial charge in [-0.25, -0.2) is 0 Å². The summed E-state index contributed by atoms with van der Waals surface area (Å²) < 4.78 is 0. The van der Waals surface area contributed by atoms with E-state index >= 15 is 0 Å². The average molecular weight is 304 g/mol. The normalized spacial score (nSPS) is 11.8. The number of unbranched alkanes of at least 4 members (excludes halogenated alkanes) is 1. The summed E-state index contributed by atoms with van der Waals surface area (Å²) in [6, 6.07) is 7.55. The molecule has 4 nitrogen and oxygen atoms in total. The van der Waals surface area contributed by atoms with Gasteiger partial charge in [-0.1, -0.05) is 58.2 Å². The largest absolute Gasteiger partial charge is 0.348 e. The van der Waals surface area contributed by atoms with Crippen LogP contribution in [-0.4, -0.2) is 18.4 Å². The Morgan fingerprint density at radius 2 is 1.82 bits per heavy atom. The van der Waals surface area contributed by atoms with Crippen molar-refractivity contribution in [3.63, 3.8) is 0 Å². The van der Waals surface area contributed by atoms with Crippen LogP contribution in [0.1, 0.15) is 52.0 Å². The second-order valence-corrected chi connectivity index (χ2v) is 5.59. The molecule has 0 aromatic heterocycles. The summed E-state index contributed by atoms with van der Waals surface area (Å²) in [5.41, 5.74) is 1.74. The maximum absolute atomic E-state index is 12.0. The van der Waals surface area contributed by atoms with E-state index in [9.17, 15) is 9.59 Å². The average Bonchev–Trinajstić information content (AvgIpc) is 2.55. The minimum Gasteiger partial charge on any atom is -0.348 e. The summed E-state index contributed by atoms with van der Waals surface area (Å²) in [6.45, 7) is 6.86. The van der Waals surface area contributed by atoms with Crippen LogP contribution in [0.15, 0.2) is 24.3 Å². The number of carbonyl (C=O) groups is 2. The molecule has 0 unspecified atom stereocenters. The fourth-order valence-corrected chi connectivity index (χ4v) is 2.39. The molecule has 0 spiro atoms. The van der Waals surface area contributed by atoms with E-state index in [1.165, 1.54) is 0 Å². The monoisotopic (exact) mass is 304 g/mol. The molecule has 122 valence electrons. The zero-order chi connectivity index (χ0) is 16.4. The smallest absolute Gasteiger partial charge is 0.313 e. The van der Waals surface area contributed by atoms with E-state index in [2.05, 4.69) is 24.5 Å². The van der Waals surface area contributed by atoms with Crippen molar-refractivity contribution in [1.82, 2.24) is 5.32 Å². The summed E-state index contributed by atoms with van der Waals surface area (Å²) in [7, 11) is 0. The van der Waals surface area contributed by atoms with E-state index in [0.29, 0.717) is 18.2 Å². The molecule has 1 aromatic carbocycles. The third-order valence-electron chi connectivity index (χ3n) is 3.95. The van der Waals surface area contributed by atoms with Crippen molar-refractivity contribution in [2.45, 2.75) is 52.9 Å². The Bertz CT molecular complexity index is 486. The summed E-state index contributed by atoms with van der Waals surface area (Å²) >= 11 is 0. The van der Waals surface area contributed by atoms with E-state index in [4.69, 9.17) is 0 Å². The first-order valence-corrected chi connectivity index (χ1v) is 8.29. The van der Waals surface area contributed by atoms with Crippen LogP contribution in [0.4, 0.5) is 5.69 Å². The Morgan fingerprint density at radius 1 is 1.09 bits per heavy atom. The highest BCUT2D eigenvalue weighted by molar-refractivity contribution is 6.39. The van der Waals surface area contributed by atoms with E-state index in [1.54, 1.807) is 0 Å². The molecule has 0 fully saturated rings. The SMILES string of the molecule is CCCC[C@@H](CC)CNC(=O)C(=O)Nc1ccccc1CC. The van der Waals surface area contributed by atoms with Gasteiger partial charge in [0.2, 0.25) is 0 Å². The van der Waals surface area contributed by atoms with Gasteiger partial charge in [-0.05, 0) is 30.4 Å². The van der Waals surface area contributed by atoms with Crippen LogP contribution in [0, 0.1) is 5.92 Å². The maximum Gasteiger partial charge on any atom is 0.313 e. The predicted octanol–water partition coefficient (Wildman–Crippen LogP) is 3.52. The van der Waals surface area contributed by atoms with Gasteiger partial charge in [0.1, 0.15) is 0 Å². The third-order valence-corrected chi connectivity index (χ3v) is 3.95. The lowest BCUT2D eigenvalue weighted by Crippen LogP contribution is -2.38. The fraction of sp³-hybridized carbons (Fsp3) is 0.556. The summed E-state index contributed by atoms with van der Waals surface area (Å²) in [5.74, 6) is -0.702. The molecule has 0 saturated heterocycles. The van der Waals surface area contributed by atoms with Crippen molar-refractivity contribution in [2.24, 2.45) is 5.92 Å². The Hall–Kier alpha value is -1.84. The first-order valence-electron chi connectivity index (χ1n) is 8.29. The number of hydrogen-bond donors (Lipinski definition) is 2. The van der Waals surface area contributed by atoms with Crippen LogP contribution < -0.4 is 10.6 Å². The number of rotatable bonds is 8. The number of para-hydroxylation sites is 1. The molecule has 1 aromatic rings. The lowest BCUT2D eigenvalue weighted by molar-refractivity contribution is -0.136. The Balaban J connectivity index is 2.49. The van der Waals surface area contributed by atoms with Crippen molar-refractivity contribution in [3.8, 4) is 0 Å². The highest BCUT2D eigenvalue weighted by atomic mass is 16.2. The highest BCUT2D eigenvalue weighted by Gasteiger charge is 2.16. The van der Waals surface area contributed by atoms with E-state index in [0.717, 1.165) is 37.7 Å². The zero-order valence-electron chi connectivity index (χ0n) is 13.9. The van der Waals surface area contributed by atoms with Crippen LogP contribution in [0.5, 0.6) is 0 Å². The molecule has 0 aliphatic rings. The minimum absolute atomic E-state index is 0.444. The van der Waals surface area contributed by atoms with Crippen LogP contribution >= 0.6 is 0 Å². The number of benzene rings is 1. The van der Waals surface area contributed by atoms with E-state index in [1.807, 2.05) is 31.2 Å². The zero-order valence-corrected chi connectivity index (χ0v) is 13.9. The predicted molar refractivity (Wildman–Crippen MR) is 90.8 cm³/mol. The van der Waals surface area contributed by atoms with Gasteiger partial charge in [0.15, 0.2) is 0 Å². The van der Waals surface area contributed by atoms with Crippen molar-refractivity contribution >= 4 is 17.5 Å². The van der Waals surface area contributed by atoms with Gasteiger partial charge >= 0.3 is 11.8 Å². The molecule has 1 atom stereocenters. The molecular formula is C18H28N2O2. The summed E-state index contributed by atoms with van der Waals surface area (Å²) in [6.07, 6.45) is 5.23. The van der Waals surface area contributed by atoms with Gasteiger partial charge in [-0.2, -0.15) is 0 Å². The van der Waals surface area contributed by atoms with Gasteiger partial charge in [0.25, 0.3) is 0 Å². The first-order chi connectivity index (χ1) is 10.6. The molecule has 1 rings (SSSR count). The number of amides is 2. The molecule has 0 aliphatic carbocycles. The maximum atomic E-state index is 12.0. The summed E-state index contributed by atoms with van der Waals surface area (Å²) in [5, 5.41) is 5.44.